The summed E-state index contributed by atoms with van der Waals surface area (Å²) in [6.45, 7) is 6.64. The molecule has 4 nitrogen and oxygen atoms in total. The number of hydrogen-bond acceptors (Lipinski definition) is 2. The van der Waals surface area contributed by atoms with Gasteiger partial charge >= 0.3 is 0 Å². The highest BCUT2D eigenvalue weighted by atomic mass is 16.2. The molecule has 1 aromatic carbocycles. The molecule has 0 radical (unpaired) electrons. The fourth-order valence-electron chi connectivity index (χ4n) is 3.29. The second-order valence-corrected chi connectivity index (χ2v) is 6.30. The first-order chi connectivity index (χ1) is 11.2. The lowest BCUT2D eigenvalue weighted by Crippen LogP contribution is -2.28. The van der Waals surface area contributed by atoms with E-state index >= 15 is 0 Å². The number of rotatable bonds is 5. The molecule has 0 spiro atoms. The fourth-order valence-corrected chi connectivity index (χ4v) is 3.29. The van der Waals surface area contributed by atoms with E-state index in [1.54, 1.807) is 0 Å². The van der Waals surface area contributed by atoms with Crippen molar-refractivity contribution in [3.05, 3.63) is 52.8 Å². The highest BCUT2D eigenvalue weighted by Crippen LogP contribution is 2.21. The summed E-state index contributed by atoms with van der Waals surface area (Å²) in [4.78, 5) is 14.9. The zero-order valence-corrected chi connectivity index (χ0v) is 14.1. The Labute approximate surface area is 138 Å². The highest BCUT2D eigenvalue weighted by molar-refractivity contribution is 5.96. The van der Waals surface area contributed by atoms with Crippen molar-refractivity contribution < 1.29 is 4.79 Å². The normalized spacial score (nSPS) is 14.4. The average molecular weight is 311 g/mol. The van der Waals surface area contributed by atoms with Crippen LogP contribution in [0.25, 0.3) is 0 Å². The highest BCUT2D eigenvalue weighted by Gasteiger charge is 2.26. The Bertz CT molecular complexity index is 669. The quantitative estimate of drug-likeness (QED) is 0.848. The van der Waals surface area contributed by atoms with E-state index in [1.165, 1.54) is 5.56 Å². The van der Waals surface area contributed by atoms with Crippen LogP contribution in [0.2, 0.25) is 0 Å². The number of nitrogens with zero attached hydrogens (tertiary/aromatic N) is 3. The summed E-state index contributed by atoms with van der Waals surface area (Å²) in [5.74, 6) is 0.169. The van der Waals surface area contributed by atoms with Crippen molar-refractivity contribution in [2.45, 2.75) is 46.1 Å². The molecule has 0 N–H and O–H groups in total. The summed E-state index contributed by atoms with van der Waals surface area (Å²) in [6.07, 6.45) is 4.09. The number of benzene rings is 1. The van der Waals surface area contributed by atoms with Crippen LogP contribution in [0.3, 0.4) is 0 Å². The van der Waals surface area contributed by atoms with Gasteiger partial charge in [-0.1, -0.05) is 43.7 Å². The molecule has 0 unspecified atom stereocenters. The van der Waals surface area contributed by atoms with Crippen molar-refractivity contribution in [3.63, 3.8) is 0 Å². The smallest absolute Gasteiger partial charge is 0.257 e. The molecule has 1 aromatic heterocycles. The molecule has 1 aliphatic rings. The predicted octanol–water partition coefficient (Wildman–Crippen LogP) is 3.43. The van der Waals surface area contributed by atoms with Gasteiger partial charge in [-0.15, -0.1) is 0 Å². The number of hydrogen-bond donors (Lipinski definition) is 0. The molecule has 1 amide bonds. The van der Waals surface area contributed by atoms with E-state index in [0.717, 1.165) is 62.3 Å². The Morgan fingerprint density at radius 3 is 2.52 bits per heavy atom. The van der Waals surface area contributed by atoms with Gasteiger partial charge in [0.2, 0.25) is 0 Å². The summed E-state index contributed by atoms with van der Waals surface area (Å²) in [5.41, 5.74) is 4.00. The monoisotopic (exact) mass is 311 g/mol. The van der Waals surface area contributed by atoms with Crippen LogP contribution in [0.5, 0.6) is 0 Å². The molecular formula is C19H25N3O. The Morgan fingerprint density at radius 2 is 1.87 bits per heavy atom. The maximum absolute atomic E-state index is 12.9. The molecule has 122 valence electrons. The minimum Gasteiger partial charge on any atom is -0.339 e. The summed E-state index contributed by atoms with van der Waals surface area (Å²) < 4.78 is 1.99. The maximum Gasteiger partial charge on any atom is 0.257 e. The third kappa shape index (κ3) is 3.31. The zero-order valence-electron chi connectivity index (χ0n) is 14.1. The van der Waals surface area contributed by atoms with Crippen molar-refractivity contribution >= 4 is 5.91 Å². The predicted molar refractivity (Wildman–Crippen MR) is 91.6 cm³/mol. The van der Waals surface area contributed by atoms with Crippen LogP contribution in [0.1, 0.15) is 53.5 Å². The van der Waals surface area contributed by atoms with Gasteiger partial charge < -0.3 is 4.90 Å². The third-order valence-electron chi connectivity index (χ3n) is 4.55. The Kier molecular flexibility index (Phi) is 4.79. The topological polar surface area (TPSA) is 38.1 Å². The first kappa shape index (κ1) is 15.8. The number of carbonyl (C=O) groups is 1. The third-order valence-corrected chi connectivity index (χ3v) is 4.55. The first-order valence-corrected chi connectivity index (χ1v) is 8.60. The standard InChI is InChI=1S/C19H25N3O/c1-3-9-17-18(19(23)21-12-7-8-13-21)15(2)22(20-17)14-16-10-5-4-6-11-16/h4-6,10-11H,3,7-9,12-14H2,1-2H3. The molecule has 2 heterocycles. The zero-order chi connectivity index (χ0) is 16.2. The molecule has 1 aliphatic heterocycles. The van der Waals surface area contributed by atoms with Gasteiger partial charge in [-0.05, 0) is 31.7 Å². The van der Waals surface area contributed by atoms with Gasteiger partial charge in [-0.25, -0.2) is 0 Å². The molecule has 0 bridgehead atoms. The van der Waals surface area contributed by atoms with Crippen LogP contribution in [-0.4, -0.2) is 33.7 Å². The number of carbonyl (C=O) groups excluding carboxylic acids is 1. The van der Waals surface area contributed by atoms with Crippen LogP contribution < -0.4 is 0 Å². The minimum atomic E-state index is 0.169. The molecule has 1 fully saturated rings. The van der Waals surface area contributed by atoms with E-state index in [-0.39, 0.29) is 5.91 Å². The molecule has 1 saturated heterocycles. The number of amides is 1. The molecule has 0 saturated carbocycles. The average Bonchev–Trinajstić information content (AvgIpc) is 3.18. The Hall–Kier alpha value is -2.10. The van der Waals surface area contributed by atoms with E-state index in [1.807, 2.05) is 34.7 Å². The van der Waals surface area contributed by atoms with E-state index in [9.17, 15) is 4.79 Å². The van der Waals surface area contributed by atoms with E-state index in [0.29, 0.717) is 0 Å². The van der Waals surface area contributed by atoms with Crippen molar-refractivity contribution in [1.29, 1.82) is 0 Å². The van der Waals surface area contributed by atoms with E-state index < -0.39 is 0 Å². The van der Waals surface area contributed by atoms with E-state index in [2.05, 4.69) is 19.1 Å². The lowest BCUT2D eigenvalue weighted by atomic mass is 10.1. The molecule has 4 heteroatoms. The van der Waals surface area contributed by atoms with Crippen LogP contribution in [0, 0.1) is 6.92 Å². The largest absolute Gasteiger partial charge is 0.339 e. The van der Waals surface area contributed by atoms with Crippen molar-refractivity contribution in [2.75, 3.05) is 13.1 Å². The van der Waals surface area contributed by atoms with Gasteiger partial charge in [0.25, 0.3) is 5.91 Å². The van der Waals surface area contributed by atoms with Crippen LogP contribution in [0.4, 0.5) is 0 Å². The fraction of sp³-hybridized carbons (Fsp3) is 0.474. The van der Waals surface area contributed by atoms with Crippen molar-refractivity contribution in [2.24, 2.45) is 0 Å². The minimum absolute atomic E-state index is 0.169. The molecular weight excluding hydrogens is 286 g/mol. The van der Waals surface area contributed by atoms with Crippen LogP contribution in [-0.2, 0) is 13.0 Å². The first-order valence-electron chi connectivity index (χ1n) is 8.60. The summed E-state index contributed by atoms with van der Waals surface area (Å²) in [7, 11) is 0. The lowest BCUT2D eigenvalue weighted by Gasteiger charge is -2.16. The second kappa shape index (κ2) is 6.99. The Morgan fingerprint density at radius 1 is 1.17 bits per heavy atom. The molecule has 23 heavy (non-hydrogen) atoms. The van der Waals surface area contributed by atoms with Gasteiger partial charge in [0.05, 0.1) is 17.8 Å². The summed E-state index contributed by atoms with van der Waals surface area (Å²) >= 11 is 0. The summed E-state index contributed by atoms with van der Waals surface area (Å²) in [5, 5.41) is 4.76. The SMILES string of the molecule is CCCc1nn(Cc2ccccc2)c(C)c1C(=O)N1CCCC1. The van der Waals surface area contributed by atoms with Gasteiger partial charge in [-0.3, -0.25) is 9.48 Å². The number of likely N-dealkylation sites (tertiary alicyclic amines) is 1. The lowest BCUT2D eigenvalue weighted by molar-refractivity contribution is 0.0791. The van der Waals surface area contributed by atoms with E-state index in [4.69, 9.17) is 5.10 Å². The van der Waals surface area contributed by atoms with Crippen LogP contribution >= 0.6 is 0 Å². The van der Waals surface area contributed by atoms with Crippen molar-refractivity contribution in [1.82, 2.24) is 14.7 Å². The summed E-state index contributed by atoms with van der Waals surface area (Å²) in [6, 6.07) is 10.3. The van der Waals surface area contributed by atoms with Gasteiger partial charge in [0.1, 0.15) is 0 Å². The second-order valence-electron chi connectivity index (χ2n) is 6.30. The molecule has 0 aliphatic carbocycles. The molecule has 0 atom stereocenters. The Balaban J connectivity index is 1.92. The molecule has 3 rings (SSSR count). The van der Waals surface area contributed by atoms with Gasteiger partial charge in [0, 0.05) is 18.8 Å². The number of aryl methyl sites for hydroxylation is 1. The maximum atomic E-state index is 12.9. The molecule has 2 aromatic rings. The van der Waals surface area contributed by atoms with Crippen molar-refractivity contribution in [3.8, 4) is 0 Å². The number of aromatic nitrogens is 2. The van der Waals surface area contributed by atoms with Gasteiger partial charge in [-0.2, -0.15) is 5.10 Å². The van der Waals surface area contributed by atoms with Gasteiger partial charge in [0.15, 0.2) is 0 Å². The van der Waals surface area contributed by atoms with Crippen LogP contribution in [0.15, 0.2) is 30.3 Å².